The van der Waals surface area contributed by atoms with Crippen LogP contribution in [0.2, 0.25) is 0 Å². The summed E-state index contributed by atoms with van der Waals surface area (Å²) in [7, 11) is -1.08. The highest BCUT2D eigenvalue weighted by Gasteiger charge is 2.33. The second-order valence-electron chi connectivity index (χ2n) is 6.94. The molecule has 1 aliphatic heterocycles. The number of aryl methyl sites for hydroxylation is 1. The maximum Gasteiger partial charge on any atom is 0.237 e. The van der Waals surface area contributed by atoms with Crippen molar-refractivity contribution in [1.82, 2.24) is 9.80 Å². The molecule has 146 valence electrons. The van der Waals surface area contributed by atoms with Crippen LogP contribution in [0, 0.1) is 6.92 Å². The molecule has 1 aliphatic rings. The van der Waals surface area contributed by atoms with E-state index in [0.717, 1.165) is 24.3 Å². The molecular formula is C19H30N2O4S. The normalized spacial score (nSPS) is 18.8. The fraction of sp³-hybridized carbons (Fsp3) is 0.632. The van der Waals surface area contributed by atoms with Gasteiger partial charge in [0.2, 0.25) is 5.91 Å². The van der Waals surface area contributed by atoms with Gasteiger partial charge in [0.1, 0.15) is 5.75 Å². The fourth-order valence-electron chi connectivity index (χ4n) is 3.30. The summed E-state index contributed by atoms with van der Waals surface area (Å²) in [5.74, 6) is 1.18. The minimum Gasteiger partial charge on any atom is -0.493 e. The van der Waals surface area contributed by atoms with Crippen molar-refractivity contribution in [3.63, 3.8) is 0 Å². The lowest BCUT2D eigenvalue weighted by atomic mass is 10.2. The van der Waals surface area contributed by atoms with Gasteiger partial charge in [-0.1, -0.05) is 18.2 Å². The first-order valence-corrected chi connectivity index (χ1v) is 11.0. The highest BCUT2D eigenvalue weighted by atomic mass is 32.2. The lowest BCUT2D eigenvalue weighted by Gasteiger charge is -2.29. The van der Waals surface area contributed by atoms with E-state index in [4.69, 9.17) is 4.74 Å². The van der Waals surface area contributed by atoms with E-state index in [-0.39, 0.29) is 23.5 Å². The molecule has 1 aromatic rings. The molecule has 0 unspecified atom stereocenters. The first kappa shape index (κ1) is 20.7. The van der Waals surface area contributed by atoms with Crippen molar-refractivity contribution >= 4 is 15.7 Å². The van der Waals surface area contributed by atoms with Crippen LogP contribution < -0.4 is 4.74 Å². The highest BCUT2D eigenvalue weighted by Crippen LogP contribution is 2.18. The van der Waals surface area contributed by atoms with Crippen LogP contribution in [0.5, 0.6) is 5.75 Å². The van der Waals surface area contributed by atoms with Gasteiger partial charge in [0.25, 0.3) is 0 Å². The van der Waals surface area contributed by atoms with Crippen LogP contribution >= 0.6 is 0 Å². The van der Waals surface area contributed by atoms with Crippen molar-refractivity contribution in [1.29, 1.82) is 0 Å². The molecule has 6 nitrogen and oxygen atoms in total. The van der Waals surface area contributed by atoms with Gasteiger partial charge >= 0.3 is 0 Å². The first-order chi connectivity index (χ1) is 12.3. The molecule has 0 aliphatic carbocycles. The van der Waals surface area contributed by atoms with Crippen LogP contribution in [-0.4, -0.2) is 75.0 Å². The van der Waals surface area contributed by atoms with Gasteiger partial charge in [-0.2, -0.15) is 0 Å². The lowest BCUT2D eigenvalue weighted by Crippen LogP contribution is -2.45. The van der Waals surface area contributed by atoms with E-state index in [1.807, 2.05) is 50.1 Å². The largest absolute Gasteiger partial charge is 0.493 e. The molecule has 1 aromatic carbocycles. The zero-order chi connectivity index (χ0) is 19.2. The van der Waals surface area contributed by atoms with Crippen LogP contribution in [0.1, 0.15) is 25.3 Å². The number of nitrogens with zero attached hydrogens (tertiary/aromatic N) is 2. The summed E-state index contributed by atoms with van der Waals surface area (Å²) in [5, 5.41) is 0. The summed E-state index contributed by atoms with van der Waals surface area (Å²) in [6.45, 7) is 6.11. The standard InChI is InChI=1S/C19H30N2O4S/c1-4-21(17-10-13-26(23,24)15-17)19(22)14-20(3)11-7-12-25-18-9-6-5-8-16(18)2/h5-6,8-9,17H,4,7,10-15H2,1-3H3/t17-/m1/s1. The number of carbonyl (C=O) groups is 1. The van der Waals surface area contributed by atoms with E-state index in [2.05, 4.69) is 0 Å². The second kappa shape index (κ2) is 9.37. The van der Waals surface area contributed by atoms with Crippen molar-refractivity contribution in [3.05, 3.63) is 29.8 Å². The number of hydrogen-bond donors (Lipinski definition) is 0. The van der Waals surface area contributed by atoms with Crippen molar-refractivity contribution in [2.45, 2.75) is 32.7 Å². The van der Waals surface area contributed by atoms with E-state index in [1.165, 1.54) is 0 Å². The molecule has 0 aromatic heterocycles. The predicted molar refractivity (Wildman–Crippen MR) is 103 cm³/mol. The highest BCUT2D eigenvalue weighted by molar-refractivity contribution is 7.91. The van der Waals surface area contributed by atoms with Crippen LogP contribution in [0.4, 0.5) is 0 Å². The SMILES string of the molecule is CCN(C(=O)CN(C)CCCOc1ccccc1C)[C@@H]1CCS(=O)(=O)C1. The Morgan fingerprint density at radius 2 is 2.04 bits per heavy atom. The molecule has 0 radical (unpaired) electrons. The van der Waals surface area contributed by atoms with Gasteiger partial charge in [0, 0.05) is 19.1 Å². The molecule has 0 N–H and O–H groups in total. The quantitative estimate of drug-likeness (QED) is 0.609. The number of para-hydroxylation sites is 1. The molecule has 7 heteroatoms. The van der Waals surface area contributed by atoms with E-state index in [1.54, 1.807) is 4.90 Å². The van der Waals surface area contributed by atoms with Gasteiger partial charge in [0.05, 0.1) is 24.7 Å². The van der Waals surface area contributed by atoms with E-state index in [9.17, 15) is 13.2 Å². The maximum atomic E-state index is 12.5. The zero-order valence-corrected chi connectivity index (χ0v) is 16.8. The van der Waals surface area contributed by atoms with E-state index >= 15 is 0 Å². The Morgan fingerprint density at radius 1 is 1.31 bits per heavy atom. The number of benzene rings is 1. The van der Waals surface area contributed by atoms with Crippen LogP contribution in [0.25, 0.3) is 0 Å². The number of hydrogen-bond acceptors (Lipinski definition) is 5. The van der Waals surface area contributed by atoms with Gasteiger partial charge in [0.15, 0.2) is 9.84 Å². The second-order valence-corrected chi connectivity index (χ2v) is 9.17. The summed E-state index contributed by atoms with van der Waals surface area (Å²) in [5.41, 5.74) is 1.11. The average Bonchev–Trinajstić information content (AvgIpc) is 2.93. The van der Waals surface area contributed by atoms with E-state index in [0.29, 0.717) is 26.1 Å². The van der Waals surface area contributed by atoms with Gasteiger partial charge in [-0.05, 0) is 45.4 Å². The Morgan fingerprint density at radius 3 is 2.65 bits per heavy atom. The lowest BCUT2D eigenvalue weighted by molar-refractivity contribution is -0.133. The Hall–Kier alpha value is -1.60. The Bertz CT molecular complexity index is 705. The topological polar surface area (TPSA) is 66.9 Å². The number of sulfone groups is 1. The Labute approximate surface area is 157 Å². The molecule has 1 saturated heterocycles. The third-order valence-corrected chi connectivity index (χ3v) is 6.50. The van der Waals surface area contributed by atoms with Crippen LogP contribution in [0.3, 0.4) is 0 Å². The Kier molecular flexibility index (Phi) is 7.46. The van der Waals surface area contributed by atoms with Crippen LogP contribution in [-0.2, 0) is 14.6 Å². The van der Waals surface area contributed by atoms with Crippen molar-refractivity contribution < 1.29 is 17.9 Å². The molecule has 1 fully saturated rings. The monoisotopic (exact) mass is 382 g/mol. The van der Waals surface area contributed by atoms with Gasteiger partial charge < -0.3 is 9.64 Å². The minimum absolute atomic E-state index is 0.00285. The first-order valence-electron chi connectivity index (χ1n) is 9.19. The molecule has 26 heavy (non-hydrogen) atoms. The van der Waals surface area contributed by atoms with Crippen molar-refractivity contribution in [2.24, 2.45) is 0 Å². The molecule has 0 spiro atoms. The third kappa shape index (κ3) is 5.99. The number of carbonyl (C=O) groups excluding carboxylic acids is 1. The smallest absolute Gasteiger partial charge is 0.237 e. The maximum absolute atomic E-state index is 12.5. The van der Waals surface area contributed by atoms with E-state index < -0.39 is 9.84 Å². The number of likely N-dealkylation sites (N-methyl/N-ethyl adjacent to an activating group) is 2. The molecule has 1 heterocycles. The molecular weight excluding hydrogens is 352 g/mol. The summed E-state index contributed by atoms with van der Waals surface area (Å²) < 4.78 is 29.1. The number of ether oxygens (including phenoxy) is 1. The summed E-state index contributed by atoms with van der Waals surface area (Å²) in [6.07, 6.45) is 1.37. The fourth-order valence-corrected chi connectivity index (χ4v) is 5.03. The van der Waals surface area contributed by atoms with Gasteiger partial charge in [-0.25, -0.2) is 8.42 Å². The molecule has 0 bridgehead atoms. The van der Waals surface area contributed by atoms with Gasteiger partial charge in [-0.15, -0.1) is 0 Å². The summed E-state index contributed by atoms with van der Waals surface area (Å²) >= 11 is 0. The third-order valence-electron chi connectivity index (χ3n) is 4.75. The molecule has 1 amide bonds. The molecule has 2 rings (SSSR count). The van der Waals surface area contributed by atoms with Crippen molar-refractivity contribution in [2.75, 3.05) is 44.8 Å². The van der Waals surface area contributed by atoms with Crippen LogP contribution in [0.15, 0.2) is 24.3 Å². The van der Waals surface area contributed by atoms with Gasteiger partial charge in [-0.3, -0.25) is 9.69 Å². The zero-order valence-electron chi connectivity index (χ0n) is 16.0. The molecule has 1 atom stereocenters. The summed E-state index contributed by atoms with van der Waals surface area (Å²) in [4.78, 5) is 16.2. The molecule has 0 saturated carbocycles. The minimum atomic E-state index is -2.98. The average molecular weight is 383 g/mol. The Balaban J connectivity index is 1.73. The number of amides is 1. The van der Waals surface area contributed by atoms with Crippen molar-refractivity contribution in [3.8, 4) is 5.75 Å². The summed E-state index contributed by atoms with van der Waals surface area (Å²) in [6, 6.07) is 7.74. The number of rotatable bonds is 9. The predicted octanol–water partition coefficient (Wildman–Crippen LogP) is 1.73.